The minimum Gasteiger partial charge on any atom is -0.484 e. The summed E-state index contributed by atoms with van der Waals surface area (Å²) < 4.78 is 32.1. The first-order chi connectivity index (χ1) is 13.5. The molecule has 1 fully saturated rings. The van der Waals surface area contributed by atoms with Crippen LogP contribution in [0.5, 0.6) is 5.75 Å². The van der Waals surface area contributed by atoms with E-state index < -0.39 is 17.5 Å². The lowest BCUT2D eigenvalue weighted by molar-refractivity contribution is -0.134. The summed E-state index contributed by atoms with van der Waals surface area (Å²) in [7, 11) is 0. The number of hydrogen-bond donors (Lipinski definition) is 1. The molecule has 0 saturated carbocycles. The molecule has 1 aliphatic heterocycles. The van der Waals surface area contributed by atoms with Gasteiger partial charge in [-0.3, -0.25) is 9.59 Å². The van der Waals surface area contributed by atoms with Gasteiger partial charge in [-0.15, -0.1) is 0 Å². The molecule has 28 heavy (non-hydrogen) atoms. The summed E-state index contributed by atoms with van der Waals surface area (Å²) in [5.74, 6) is -1.38. The van der Waals surface area contributed by atoms with E-state index in [9.17, 15) is 18.4 Å². The van der Waals surface area contributed by atoms with Gasteiger partial charge in [0.25, 0.3) is 11.8 Å². The average molecular weight is 388 g/mol. The minimum atomic E-state index is -0.878. The van der Waals surface area contributed by atoms with Crippen molar-refractivity contribution in [1.29, 1.82) is 0 Å². The second-order valence-electron chi connectivity index (χ2n) is 6.76. The monoisotopic (exact) mass is 388 g/mol. The van der Waals surface area contributed by atoms with Crippen molar-refractivity contribution in [1.82, 2.24) is 10.2 Å². The standard InChI is InChI=1S/C21H22F2N2O3/c22-16-6-7-18(19(23)12-16)21(27)24-13-15-8-10-25(11-9-15)20(26)14-28-17-4-2-1-3-5-17/h1-7,12,15H,8-11,13-14H2,(H,24,27). The van der Waals surface area contributed by atoms with E-state index in [1.165, 1.54) is 0 Å². The van der Waals surface area contributed by atoms with E-state index in [4.69, 9.17) is 4.74 Å². The van der Waals surface area contributed by atoms with E-state index in [0.717, 1.165) is 25.0 Å². The highest BCUT2D eigenvalue weighted by atomic mass is 19.1. The maximum Gasteiger partial charge on any atom is 0.260 e. The van der Waals surface area contributed by atoms with Crippen molar-refractivity contribution < 1.29 is 23.1 Å². The first kappa shape index (κ1) is 19.8. The van der Waals surface area contributed by atoms with Crippen LogP contribution in [0.3, 0.4) is 0 Å². The molecular weight excluding hydrogens is 366 g/mol. The van der Waals surface area contributed by atoms with Crippen LogP contribution in [0.15, 0.2) is 48.5 Å². The molecule has 0 aromatic heterocycles. The highest BCUT2D eigenvalue weighted by Crippen LogP contribution is 2.18. The van der Waals surface area contributed by atoms with E-state index >= 15 is 0 Å². The van der Waals surface area contributed by atoms with Crippen molar-refractivity contribution in [2.24, 2.45) is 5.92 Å². The van der Waals surface area contributed by atoms with Gasteiger partial charge in [0.2, 0.25) is 0 Å². The number of para-hydroxylation sites is 1. The molecule has 1 aliphatic rings. The summed E-state index contributed by atoms with van der Waals surface area (Å²) in [5.41, 5.74) is -0.174. The van der Waals surface area contributed by atoms with Gasteiger partial charge in [0.05, 0.1) is 5.56 Å². The van der Waals surface area contributed by atoms with Crippen LogP contribution in [-0.2, 0) is 4.79 Å². The number of ether oxygens (including phenoxy) is 1. The van der Waals surface area contributed by atoms with Gasteiger partial charge < -0.3 is 15.0 Å². The van der Waals surface area contributed by atoms with Gasteiger partial charge in [0.1, 0.15) is 17.4 Å². The first-order valence-electron chi connectivity index (χ1n) is 9.22. The van der Waals surface area contributed by atoms with Gasteiger partial charge in [0.15, 0.2) is 6.61 Å². The van der Waals surface area contributed by atoms with Crippen molar-refractivity contribution in [2.75, 3.05) is 26.2 Å². The number of piperidine rings is 1. The van der Waals surface area contributed by atoms with Crippen LogP contribution in [0.1, 0.15) is 23.2 Å². The molecule has 3 rings (SSSR count). The molecule has 5 nitrogen and oxygen atoms in total. The van der Waals surface area contributed by atoms with Crippen LogP contribution in [0.4, 0.5) is 8.78 Å². The molecule has 0 radical (unpaired) electrons. The van der Waals surface area contributed by atoms with Gasteiger partial charge in [-0.2, -0.15) is 0 Å². The molecule has 2 amide bonds. The fraction of sp³-hybridized carbons (Fsp3) is 0.333. The number of benzene rings is 2. The van der Waals surface area contributed by atoms with Gasteiger partial charge in [-0.05, 0) is 43.0 Å². The predicted molar refractivity (Wildman–Crippen MR) is 99.9 cm³/mol. The molecule has 2 aromatic rings. The number of rotatable bonds is 6. The van der Waals surface area contributed by atoms with Crippen molar-refractivity contribution in [2.45, 2.75) is 12.8 Å². The molecular formula is C21H22F2N2O3. The van der Waals surface area contributed by atoms with Crippen molar-refractivity contribution in [3.63, 3.8) is 0 Å². The molecule has 0 bridgehead atoms. The number of carbonyl (C=O) groups excluding carboxylic acids is 2. The Bertz CT molecular complexity index is 822. The summed E-state index contributed by atoms with van der Waals surface area (Å²) in [4.78, 5) is 26.1. The third kappa shape index (κ3) is 5.28. The Hall–Kier alpha value is -2.96. The number of amides is 2. The fourth-order valence-corrected chi connectivity index (χ4v) is 3.15. The van der Waals surface area contributed by atoms with Crippen molar-refractivity contribution >= 4 is 11.8 Å². The number of nitrogens with zero attached hydrogens (tertiary/aromatic N) is 1. The number of halogens is 2. The SMILES string of the molecule is O=C(NCC1CCN(C(=O)COc2ccccc2)CC1)c1ccc(F)cc1F. The van der Waals surface area contributed by atoms with Gasteiger partial charge in [-0.1, -0.05) is 18.2 Å². The highest BCUT2D eigenvalue weighted by Gasteiger charge is 2.24. The largest absolute Gasteiger partial charge is 0.484 e. The molecule has 1 saturated heterocycles. The van der Waals surface area contributed by atoms with Gasteiger partial charge in [0, 0.05) is 25.7 Å². The van der Waals surface area contributed by atoms with E-state index in [0.29, 0.717) is 31.5 Å². The van der Waals surface area contributed by atoms with Gasteiger partial charge in [-0.25, -0.2) is 8.78 Å². The molecule has 0 unspecified atom stereocenters. The summed E-state index contributed by atoms with van der Waals surface area (Å²) in [5, 5.41) is 2.69. The minimum absolute atomic E-state index is 0.00470. The zero-order valence-corrected chi connectivity index (χ0v) is 15.4. The summed E-state index contributed by atoms with van der Waals surface area (Å²) in [6.45, 7) is 1.55. The van der Waals surface area contributed by atoms with Crippen molar-refractivity contribution in [3.8, 4) is 5.75 Å². The van der Waals surface area contributed by atoms with Crippen LogP contribution in [0.25, 0.3) is 0 Å². The van der Waals surface area contributed by atoms with Crippen LogP contribution >= 0.6 is 0 Å². The maximum absolute atomic E-state index is 13.6. The highest BCUT2D eigenvalue weighted by molar-refractivity contribution is 5.94. The Morgan fingerprint density at radius 3 is 2.46 bits per heavy atom. The quantitative estimate of drug-likeness (QED) is 0.828. The lowest BCUT2D eigenvalue weighted by atomic mass is 9.96. The van der Waals surface area contributed by atoms with E-state index in [1.54, 1.807) is 17.0 Å². The molecule has 148 valence electrons. The number of hydrogen-bond acceptors (Lipinski definition) is 3. The third-order valence-electron chi connectivity index (χ3n) is 4.80. The normalized spacial score (nSPS) is 14.6. The Morgan fingerprint density at radius 1 is 1.07 bits per heavy atom. The summed E-state index contributed by atoms with van der Waals surface area (Å²) in [6, 6.07) is 12.0. The van der Waals surface area contributed by atoms with Crippen LogP contribution in [0.2, 0.25) is 0 Å². The van der Waals surface area contributed by atoms with Crippen molar-refractivity contribution in [3.05, 3.63) is 65.7 Å². The second-order valence-corrected chi connectivity index (χ2v) is 6.76. The van der Waals surface area contributed by atoms with Crippen LogP contribution in [0, 0.1) is 17.6 Å². The van der Waals surface area contributed by atoms with Crippen LogP contribution < -0.4 is 10.1 Å². The lowest BCUT2D eigenvalue weighted by Crippen LogP contribution is -2.43. The Kier molecular flexibility index (Phi) is 6.57. The predicted octanol–water partition coefficient (Wildman–Crippen LogP) is 3.01. The molecule has 7 heteroatoms. The first-order valence-corrected chi connectivity index (χ1v) is 9.22. The lowest BCUT2D eigenvalue weighted by Gasteiger charge is -2.32. The molecule has 0 aliphatic carbocycles. The zero-order chi connectivity index (χ0) is 19.9. The number of likely N-dealkylation sites (tertiary alicyclic amines) is 1. The van der Waals surface area contributed by atoms with E-state index in [1.807, 2.05) is 18.2 Å². The number of carbonyl (C=O) groups is 2. The topological polar surface area (TPSA) is 58.6 Å². The van der Waals surface area contributed by atoms with Crippen LogP contribution in [-0.4, -0.2) is 43.0 Å². The molecule has 1 heterocycles. The summed E-state index contributed by atoms with van der Waals surface area (Å²) in [6.07, 6.45) is 1.48. The smallest absolute Gasteiger partial charge is 0.260 e. The Balaban J connectivity index is 1.40. The summed E-state index contributed by atoms with van der Waals surface area (Å²) >= 11 is 0. The molecule has 1 N–H and O–H groups in total. The average Bonchev–Trinajstić information content (AvgIpc) is 2.71. The fourth-order valence-electron chi connectivity index (χ4n) is 3.15. The Labute approximate surface area is 162 Å². The van der Waals surface area contributed by atoms with E-state index in [2.05, 4.69) is 5.32 Å². The zero-order valence-electron chi connectivity index (χ0n) is 15.4. The maximum atomic E-state index is 13.6. The Morgan fingerprint density at radius 2 is 1.79 bits per heavy atom. The van der Waals surface area contributed by atoms with E-state index in [-0.39, 0.29) is 24.0 Å². The van der Waals surface area contributed by atoms with Gasteiger partial charge >= 0.3 is 0 Å². The molecule has 0 spiro atoms. The third-order valence-corrected chi connectivity index (χ3v) is 4.80. The number of nitrogens with one attached hydrogen (secondary N) is 1. The second kappa shape index (κ2) is 9.30. The molecule has 2 aromatic carbocycles. The molecule has 0 atom stereocenters.